The molecule has 0 spiro atoms. The van der Waals surface area contributed by atoms with Crippen molar-refractivity contribution in [3.05, 3.63) is 12.2 Å². The first-order valence-corrected chi connectivity index (χ1v) is 5.11. The Morgan fingerprint density at radius 2 is 2.38 bits per heavy atom. The fourth-order valence-electron chi connectivity index (χ4n) is 2.53. The number of fused-ring (bicyclic) bond motifs is 2. The first kappa shape index (κ1) is 8.77. The molecule has 0 heterocycles. The van der Waals surface area contributed by atoms with Crippen LogP contribution in [0.15, 0.2) is 12.2 Å². The van der Waals surface area contributed by atoms with Crippen molar-refractivity contribution in [3.8, 4) is 6.07 Å². The van der Waals surface area contributed by atoms with Gasteiger partial charge in [-0.3, -0.25) is 0 Å². The Balaban J connectivity index is 1.84. The van der Waals surface area contributed by atoms with Crippen LogP contribution in [0.4, 0.5) is 0 Å². The van der Waals surface area contributed by atoms with Crippen LogP contribution in [0.3, 0.4) is 0 Å². The Morgan fingerprint density at radius 3 is 2.92 bits per heavy atom. The van der Waals surface area contributed by atoms with E-state index in [0.717, 1.165) is 11.8 Å². The maximum absolute atomic E-state index is 8.54. The molecule has 2 nitrogen and oxygen atoms in total. The van der Waals surface area contributed by atoms with Crippen LogP contribution >= 0.6 is 0 Å². The Morgan fingerprint density at radius 1 is 1.54 bits per heavy atom. The lowest BCUT2D eigenvalue weighted by Gasteiger charge is -2.23. The van der Waals surface area contributed by atoms with E-state index in [-0.39, 0.29) is 0 Å². The number of nitriles is 1. The molecule has 2 unspecified atom stereocenters. The third kappa shape index (κ3) is 1.76. The molecular formula is C11H16N2. The maximum atomic E-state index is 8.54. The quantitative estimate of drug-likeness (QED) is 0.666. The molecule has 1 N–H and O–H groups in total. The number of nitrogens with one attached hydrogen (secondary N) is 1. The zero-order valence-corrected chi connectivity index (χ0v) is 8.03. The van der Waals surface area contributed by atoms with Crippen LogP contribution in [0.5, 0.6) is 0 Å². The second-order valence-electron chi connectivity index (χ2n) is 4.32. The van der Waals surface area contributed by atoms with Gasteiger partial charge >= 0.3 is 0 Å². The molecule has 0 radical (unpaired) electrons. The molecule has 2 bridgehead atoms. The molecule has 1 fully saturated rings. The predicted octanol–water partition coefficient (Wildman–Crippen LogP) is 1.84. The van der Waals surface area contributed by atoms with E-state index in [0.29, 0.717) is 18.5 Å². The molecule has 70 valence electrons. The smallest absolute Gasteiger partial charge is 0.0638 e. The molecular weight excluding hydrogens is 160 g/mol. The van der Waals surface area contributed by atoms with Crippen LogP contribution in [0.2, 0.25) is 0 Å². The number of hydrogen-bond acceptors (Lipinski definition) is 2. The highest BCUT2D eigenvalue weighted by molar-refractivity contribution is 5.12. The normalized spacial score (nSPS) is 37.7. The van der Waals surface area contributed by atoms with E-state index in [9.17, 15) is 0 Å². The van der Waals surface area contributed by atoms with Crippen molar-refractivity contribution in [2.24, 2.45) is 11.8 Å². The zero-order valence-electron chi connectivity index (χ0n) is 8.03. The largest absolute Gasteiger partial charge is 0.310 e. The minimum absolute atomic E-state index is 0.350. The summed E-state index contributed by atoms with van der Waals surface area (Å²) in [4.78, 5) is 0. The average molecular weight is 176 g/mol. The Bertz CT molecular complexity index is 251. The first-order chi connectivity index (χ1) is 6.29. The van der Waals surface area contributed by atoms with E-state index in [1.54, 1.807) is 0 Å². The molecule has 2 aliphatic rings. The van der Waals surface area contributed by atoms with E-state index in [1.807, 2.05) is 0 Å². The van der Waals surface area contributed by atoms with Crippen molar-refractivity contribution in [2.75, 3.05) is 0 Å². The summed E-state index contributed by atoms with van der Waals surface area (Å²) >= 11 is 0. The second-order valence-corrected chi connectivity index (χ2v) is 4.32. The van der Waals surface area contributed by atoms with Crippen molar-refractivity contribution < 1.29 is 0 Å². The molecule has 2 heteroatoms. The SMILES string of the molecule is CC(CC#N)NC1C[C@@H]2C=C[C@H]1C2. The van der Waals surface area contributed by atoms with Gasteiger partial charge in [0.15, 0.2) is 0 Å². The summed E-state index contributed by atoms with van der Waals surface area (Å²) in [5.41, 5.74) is 0. The third-order valence-corrected chi connectivity index (χ3v) is 3.17. The van der Waals surface area contributed by atoms with Crippen molar-refractivity contribution in [3.63, 3.8) is 0 Å². The van der Waals surface area contributed by atoms with Crippen LogP contribution in [0.25, 0.3) is 0 Å². The molecule has 0 amide bonds. The lowest BCUT2D eigenvalue weighted by Crippen LogP contribution is -2.38. The van der Waals surface area contributed by atoms with E-state index in [4.69, 9.17) is 5.26 Å². The van der Waals surface area contributed by atoms with E-state index < -0.39 is 0 Å². The van der Waals surface area contributed by atoms with Gasteiger partial charge in [-0.15, -0.1) is 0 Å². The first-order valence-electron chi connectivity index (χ1n) is 5.11. The van der Waals surface area contributed by atoms with Gasteiger partial charge in [-0.05, 0) is 31.6 Å². The van der Waals surface area contributed by atoms with Gasteiger partial charge in [0.2, 0.25) is 0 Å². The highest BCUT2D eigenvalue weighted by Gasteiger charge is 2.35. The summed E-state index contributed by atoms with van der Waals surface area (Å²) in [5.74, 6) is 1.56. The van der Waals surface area contributed by atoms with Crippen LogP contribution in [-0.2, 0) is 0 Å². The maximum Gasteiger partial charge on any atom is 0.0638 e. The van der Waals surface area contributed by atoms with E-state index in [1.165, 1.54) is 12.8 Å². The predicted molar refractivity (Wildman–Crippen MR) is 52.0 cm³/mol. The highest BCUT2D eigenvalue weighted by Crippen LogP contribution is 2.39. The average Bonchev–Trinajstić information content (AvgIpc) is 2.65. The van der Waals surface area contributed by atoms with Crippen LogP contribution < -0.4 is 5.32 Å². The summed E-state index contributed by atoms with van der Waals surface area (Å²) in [6, 6.07) is 3.19. The van der Waals surface area contributed by atoms with Gasteiger partial charge in [0, 0.05) is 12.1 Å². The lowest BCUT2D eigenvalue weighted by molar-refractivity contribution is 0.402. The monoisotopic (exact) mass is 176 g/mol. The highest BCUT2D eigenvalue weighted by atomic mass is 15.0. The van der Waals surface area contributed by atoms with Gasteiger partial charge in [-0.25, -0.2) is 0 Å². The van der Waals surface area contributed by atoms with Gasteiger partial charge in [0.25, 0.3) is 0 Å². The van der Waals surface area contributed by atoms with Crippen molar-refractivity contribution >= 4 is 0 Å². The fourth-order valence-corrected chi connectivity index (χ4v) is 2.53. The van der Waals surface area contributed by atoms with Gasteiger partial charge < -0.3 is 5.32 Å². The minimum atomic E-state index is 0.350. The van der Waals surface area contributed by atoms with Gasteiger partial charge in [0.05, 0.1) is 12.5 Å². The molecule has 13 heavy (non-hydrogen) atoms. The molecule has 0 aromatic rings. The number of rotatable bonds is 3. The Kier molecular flexibility index (Phi) is 2.37. The van der Waals surface area contributed by atoms with Gasteiger partial charge in [0.1, 0.15) is 0 Å². The van der Waals surface area contributed by atoms with Crippen molar-refractivity contribution in [2.45, 2.75) is 38.3 Å². The van der Waals surface area contributed by atoms with Crippen molar-refractivity contribution in [1.29, 1.82) is 5.26 Å². The minimum Gasteiger partial charge on any atom is -0.310 e. The molecule has 0 saturated heterocycles. The Hall–Kier alpha value is -0.810. The summed E-state index contributed by atoms with van der Waals surface area (Å²) in [7, 11) is 0. The second kappa shape index (κ2) is 3.51. The topological polar surface area (TPSA) is 35.8 Å². The molecule has 4 atom stereocenters. The molecule has 1 saturated carbocycles. The molecule has 0 aromatic heterocycles. The molecule has 0 aromatic carbocycles. The lowest BCUT2D eigenvalue weighted by atomic mass is 10.0. The van der Waals surface area contributed by atoms with Crippen LogP contribution in [0.1, 0.15) is 26.2 Å². The fraction of sp³-hybridized carbons (Fsp3) is 0.727. The standard InChI is InChI=1S/C11H16N2/c1-8(4-5-12)13-11-7-9-2-3-10(11)6-9/h2-3,8-11,13H,4,6-7H2,1H3/t8?,9-,10+,11?/m1/s1. The summed E-state index contributed by atoms with van der Waals surface area (Å²) in [5, 5.41) is 12.1. The van der Waals surface area contributed by atoms with E-state index >= 15 is 0 Å². The van der Waals surface area contributed by atoms with Crippen molar-refractivity contribution in [1.82, 2.24) is 5.32 Å². The molecule has 2 aliphatic carbocycles. The van der Waals surface area contributed by atoms with Gasteiger partial charge in [-0.1, -0.05) is 12.2 Å². The summed E-state index contributed by atoms with van der Waals surface area (Å²) in [6.45, 7) is 2.10. The molecule has 0 aliphatic heterocycles. The summed E-state index contributed by atoms with van der Waals surface area (Å²) in [6.07, 6.45) is 7.91. The summed E-state index contributed by atoms with van der Waals surface area (Å²) < 4.78 is 0. The number of hydrogen-bond donors (Lipinski definition) is 1. The van der Waals surface area contributed by atoms with E-state index in [2.05, 4.69) is 30.5 Å². The third-order valence-electron chi connectivity index (χ3n) is 3.17. The van der Waals surface area contributed by atoms with Crippen LogP contribution in [-0.4, -0.2) is 12.1 Å². The number of allylic oxidation sites excluding steroid dienone is 1. The Labute approximate surface area is 79.6 Å². The molecule has 2 rings (SSSR count). The zero-order chi connectivity index (χ0) is 9.26. The van der Waals surface area contributed by atoms with Crippen LogP contribution in [0, 0.1) is 23.2 Å². The van der Waals surface area contributed by atoms with Gasteiger partial charge in [-0.2, -0.15) is 5.26 Å². The number of nitrogens with zero attached hydrogens (tertiary/aromatic N) is 1.